The number of hydrogen-bond acceptors (Lipinski definition) is 0. The summed E-state index contributed by atoms with van der Waals surface area (Å²) in [6, 6.07) is 11.0. The van der Waals surface area contributed by atoms with Crippen LogP contribution in [0.15, 0.2) is 30.3 Å². The largest absolute Gasteiger partial charge is 1.00 e. The van der Waals surface area contributed by atoms with Gasteiger partial charge in [0.25, 0.3) is 0 Å². The summed E-state index contributed by atoms with van der Waals surface area (Å²) in [4.78, 5) is 0. The normalized spacial score (nSPS) is 10.1. The number of benzene rings is 1. The molecule has 0 aromatic heterocycles. The Morgan fingerprint density at radius 3 is 1.64 bits per heavy atom. The smallest absolute Gasteiger partial charge is 0.278 e. The van der Waals surface area contributed by atoms with Gasteiger partial charge in [0.15, 0.2) is 0 Å². The fourth-order valence-corrected chi connectivity index (χ4v) is 5.21. The van der Waals surface area contributed by atoms with Crippen molar-refractivity contribution in [1.29, 1.82) is 0 Å². The van der Waals surface area contributed by atoms with E-state index in [1.165, 1.54) is 0 Å². The second-order valence-electron chi connectivity index (χ2n) is 4.13. The summed E-state index contributed by atoms with van der Waals surface area (Å²) in [5.41, 5.74) is 1.65. The monoisotopic (exact) mass is 214 g/mol. The Bertz CT molecular complexity index is 236. The molecule has 0 nitrogen and oxygen atoms in total. The maximum Gasteiger partial charge on any atom is 1.00 e. The summed E-state index contributed by atoms with van der Waals surface area (Å²) in [7, 11) is -0.356. The van der Waals surface area contributed by atoms with Gasteiger partial charge in [0.05, 0.1) is 0 Å². The molecule has 0 bridgehead atoms. The fourth-order valence-electron chi connectivity index (χ4n) is 1.96. The second-order valence-corrected chi connectivity index (χ2v) is 7.93. The second kappa shape index (κ2) is 6.84. The molecule has 0 aliphatic rings. The van der Waals surface area contributed by atoms with Gasteiger partial charge in [-0.25, -0.2) is 0 Å². The Labute approximate surface area is 112 Å². The molecule has 0 aliphatic carbocycles. The van der Waals surface area contributed by atoms with Gasteiger partial charge in [-0.15, -0.1) is 0 Å². The molecular weight excluding hydrogens is 195 g/mol. The van der Waals surface area contributed by atoms with E-state index in [0.29, 0.717) is 0 Å². The Hall–Kier alpha value is 0.437. The summed E-state index contributed by atoms with van der Waals surface area (Å²) in [6.45, 7) is 9.39. The predicted octanol–water partition coefficient (Wildman–Crippen LogP) is 0.212. The van der Waals surface area contributed by atoms with Crippen molar-refractivity contribution in [2.75, 3.05) is 0 Å². The molecule has 0 aliphatic heterocycles. The minimum absolute atomic E-state index is 0. The standard InChI is InChI=1S/C12H19Si.Na/c1-10(2)13(11(3)4)12-8-6-5-7-9-12;/h5-11H,1-4H3;/q-1;+1. The van der Waals surface area contributed by atoms with Crippen molar-refractivity contribution < 1.29 is 29.6 Å². The molecule has 0 saturated heterocycles. The van der Waals surface area contributed by atoms with Crippen molar-refractivity contribution in [3.8, 4) is 0 Å². The zero-order valence-electron chi connectivity index (χ0n) is 10.0. The van der Waals surface area contributed by atoms with E-state index in [-0.39, 0.29) is 38.4 Å². The van der Waals surface area contributed by atoms with E-state index in [1.54, 1.807) is 5.19 Å². The van der Waals surface area contributed by atoms with Crippen LogP contribution in [-0.4, -0.2) is 8.80 Å². The van der Waals surface area contributed by atoms with E-state index < -0.39 is 0 Å². The Morgan fingerprint density at radius 2 is 1.29 bits per heavy atom. The van der Waals surface area contributed by atoms with Gasteiger partial charge in [-0.2, -0.15) is 16.3 Å². The van der Waals surface area contributed by atoms with Gasteiger partial charge in [-0.3, -0.25) is 8.80 Å². The van der Waals surface area contributed by atoms with Crippen LogP contribution in [0.5, 0.6) is 0 Å². The summed E-state index contributed by atoms with van der Waals surface area (Å²) in [5.74, 6) is 0. The van der Waals surface area contributed by atoms with Gasteiger partial charge < -0.3 is 0 Å². The molecule has 72 valence electrons. The molecule has 0 atom stereocenters. The number of rotatable bonds is 3. The Kier molecular flexibility index (Phi) is 7.05. The first-order chi connectivity index (χ1) is 6.13. The first kappa shape index (κ1) is 14.4. The maximum atomic E-state index is 2.35. The van der Waals surface area contributed by atoms with Crippen LogP contribution in [0.4, 0.5) is 0 Å². The van der Waals surface area contributed by atoms with Crippen LogP contribution in [0.1, 0.15) is 27.7 Å². The van der Waals surface area contributed by atoms with Gasteiger partial charge in [0.1, 0.15) is 0 Å². The van der Waals surface area contributed by atoms with Crippen molar-refractivity contribution in [3.63, 3.8) is 0 Å². The summed E-state index contributed by atoms with van der Waals surface area (Å²) in [5, 5.41) is 1.58. The van der Waals surface area contributed by atoms with Crippen LogP contribution in [0, 0.1) is 0 Å². The van der Waals surface area contributed by atoms with Crippen molar-refractivity contribution in [1.82, 2.24) is 0 Å². The average Bonchev–Trinajstić information content (AvgIpc) is 2.04. The Balaban J connectivity index is 0.00000169. The van der Waals surface area contributed by atoms with E-state index in [0.717, 1.165) is 11.1 Å². The van der Waals surface area contributed by atoms with Crippen molar-refractivity contribution in [3.05, 3.63) is 30.3 Å². The predicted molar refractivity (Wildman–Crippen MR) is 62.0 cm³/mol. The van der Waals surface area contributed by atoms with E-state index in [4.69, 9.17) is 0 Å². The summed E-state index contributed by atoms with van der Waals surface area (Å²) >= 11 is 0. The molecule has 0 fully saturated rings. The van der Waals surface area contributed by atoms with Crippen LogP contribution in [0.25, 0.3) is 0 Å². The van der Waals surface area contributed by atoms with Crippen molar-refractivity contribution in [2.45, 2.75) is 38.8 Å². The van der Waals surface area contributed by atoms with E-state index in [2.05, 4.69) is 58.0 Å². The minimum atomic E-state index is -0.356. The third kappa shape index (κ3) is 3.89. The van der Waals surface area contributed by atoms with Crippen LogP contribution in [0.3, 0.4) is 0 Å². The SMILES string of the molecule is CC(C)[Si-](c1ccccc1)C(C)C.[Na+]. The molecule has 0 unspecified atom stereocenters. The van der Waals surface area contributed by atoms with E-state index in [9.17, 15) is 0 Å². The van der Waals surface area contributed by atoms with E-state index in [1.807, 2.05) is 0 Å². The average molecular weight is 214 g/mol. The molecule has 2 heteroatoms. The number of hydrogen-bond donors (Lipinski definition) is 0. The van der Waals surface area contributed by atoms with Gasteiger partial charge in [-0.05, 0) is 0 Å². The van der Waals surface area contributed by atoms with Crippen LogP contribution >= 0.6 is 0 Å². The summed E-state index contributed by atoms with van der Waals surface area (Å²) < 4.78 is 0. The molecule has 1 aromatic carbocycles. The van der Waals surface area contributed by atoms with Gasteiger partial charge >= 0.3 is 29.6 Å². The third-order valence-electron chi connectivity index (χ3n) is 2.35. The van der Waals surface area contributed by atoms with Crippen molar-refractivity contribution in [2.24, 2.45) is 0 Å². The van der Waals surface area contributed by atoms with Crippen LogP contribution in [0.2, 0.25) is 11.1 Å². The molecule has 14 heavy (non-hydrogen) atoms. The summed E-state index contributed by atoms with van der Waals surface area (Å²) in [6.07, 6.45) is 0. The molecular formula is C12H19NaSi. The van der Waals surface area contributed by atoms with Gasteiger partial charge in [0, 0.05) is 0 Å². The fraction of sp³-hybridized carbons (Fsp3) is 0.500. The zero-order chi connectivity index (χ0) is 9.84. The quantitative estimate of drug-likeness (QED) is 0.631. The molecule has 0 amide bonds. The van der Waals surface area contributed by atoms with Crippen LogP contribution in [-0.2, 0) is 0 Å². The molecule has 0 N–H and O–H groups in total. The Morgan fingerprint density at radius 1 is 0.857 bits per heavy atom. The van der Waals surface area contributed by atoms with E-state index >= 15 is 0 Å². The molecule has 1 aromatic rings. The van der Waals surface area contributed by atoms with Crippen LogP contribution < -0.4 is 34.7 Å². The van der Waals surface area contributed by atoms with Gasteiger partial charge in [-0.1, -0.05) is 58.0 Å². The van der Waals surface area contributed by atoms with Crippen molar-refractivity contribution >= 4 is 14.0 Å². The van der Waals surface area contributed by atoms with Gasteiger partial charge in [0.2, 0.25) is 0 Å². The molecule has 0 spiro atoms. The first-order valence-corrected chi connectivity index (χ1v) is 6.70. The maximum absolute atomic E-state index is 2.35. The third-order valence-corrected chi connectivity index (χ3v) is 5.84. The first-order valence-electron chi connectivity index (χ1n) is 5.05. The molecule has 0 heterocycles. The molecule has 0 radical (unpaired) electrons. The zero-order valence-corrected chi connectivity index (χ0v) is 13.0. The topological polar surface area (TPSA) is 0 Å². The molecule has 0 saturated carbocycles. The molecule has 1 rings (SSSR count). The minimum Gasteiger partial charge on any atom is -0.278 e.